The van der Waals surface area contributed by atoms with Crippen LogP contribution in [0.2, 0.25) is 0 Å². The van der Waals surface area contributed by atoms with Crippen LogP contribution in [0.1, 0.15) is 40.0 Å². The maximum atomic E-state index is 11.6. The molecule has 1 N–H and O–H groups in total. The van der Waals surface area contributed by atoms with Crippen molar-refractivity contribution >= 4 is 5.91 Å². The monoisotopic (exact) mass is 264 g/mol. The van der Waals surface area contributed by atoms with Crippen LogP contribution >= 0.6 is 0 Å². The Morgan fingerprint density at radius 1 is 1.37 bits per heavy atom. The van der Waals surface area contributed by atoms with Crippen molar-refractivity contribution in [3.05, 3.63) is 23.8 Å². The molecule has 0 aromatic carbocycles. The van der Waals surface area contributed by atoms with Crippen molar-refractivity contribution in [2.45, 2.75) is 40.0 Å². The Labute approximate surface area is 117 Å². The van der Waals surface area contributed by atoms with Crippen LogP contribution in [0.5, 0.6) is 0 Å². The summed E-state index contributed by atoms with van der Waals surface area (Å²) in [5.41, 5.74) is 1.50. The van der Waals surface area contributed by atoms with Gasteiger partial charge in [-0.3, -0.25) is 4.79 Å². The third-order valence-electron chi connectivity index (χ3n) is 4.09. The van der Waals surface area contributed by atoms with Gasteiger partial charge in [0.2, 0.25) is 5.91 Å². The first-order valence-electron chi connectivity index (χ1n) is 7.31. The molecule has 0 bridgehead atoms. The summed E-state index contributed by atoms with van der Waals surface area (Å²) in [7, 11) is 1.91. The molecule has 1 saturated heterocycles. The van der Waals surface area contributed by atoms with E-state index in [1.54, 1.807) is 6.92 Å². The van der Waals surface area contributed by atoms with E-state index in [-0.39, 0.29) is 11.3 Å². The number of carbonyl (C=O) groups excluding carboxylic acids is 1. The minimum Gasteiger partial charge on any atom is -0.345 e. The molecule has 1 amide bonds. The lowest BCUT2D eigenvalue weighted by Gasteiger charge is -2.41. The van der Waals surface area contributed by atoms with Crippen molar-refractivity contribution in [1.82, 2.24) is 10.2 Å². The van der Waals surface area contributed by atoms with Gasteiger partial charge in [0.1, 0.15) is 0 Å². The fraction of sp³-hybridized carbons (Fsp3) is 0.688. The second-order valence-electron chi connectivity index (χ2n) is 5.46. The second-order valence-corrected chi connectivity index (χ2v) is 5.46. The Kier molecular flexibility index (Phi) is 6.29. The van der Waals surface area contributed by atoms with Crippen LogP contribution < -0.4 is 5.32 Å². The predicted octanol–water partition coefficient (Wildman–Crippen LogP) is 2.75. The van der Waals surface area contributed by atoms with E-state index in [4.69, 9.17) is 0 Å². The van der Waals surface area contributed by atoms with E-state index in [2.05, 4.69) is 37.4 Å². The number of allylic oxidation sites excluding steroid dienone is 3. The SMILES string of the molecule is C/C=C(\C=C/CC)C1(CN(C)C(C)=O)CCNCC1. The summed E-state index contributed by atoms with van der Waals surface area (Å²) >= 11 is 0. The summed E-state index contributed by atoms with van der Waals surface area (Å²) in [5, 5.41) is 3.42. The molecule has 1 fully saturated rings. The fourth-order valence-corrected chi connectivity index (χ4v) is 2.83. The van der Waals surface area contributed by atoms with Gasteiger partial charge >= 0.3 is 0 Å². The molecule has 0 saturated carbocycles. The first-order valence-corrected chi connectivity index (χ1v) is 7.31. The van der Waals surface area contributed by atoms with Crippen molar-refractivity contribution in [3.63, 3.8) is 0 Å². The first-order chi connectivity index (χ1) is 9.05. The zero-order chi connectivity index (χ0) is 14.3. The minimum atomic E-state index is 0.117. The Morgan fingerprint density at radius 3 is 2.47 bits per heavy atom. The van der Waals surface area contributed by atoms with Crippen molar-refractivity contribution < 1.29 is 4.79 Å². The van der Waals surface area contributed by atoms with Gasteiger partial charge in [0.15, 0.2) is 0 Å². The fourth-order valence-electron chi connectivity index (χ4n) is 2.83. The molecule has 0 atom stereocenters. The standard InChI is InChI=1S/C16H28N2O/c1-5-7-8-15(6-2)16(9-11-17-12-10-16)13-18(4)14(3)19/h6-8,17H,5,9-13H2,1-4H3/b8-7-,15-6+. The molecule has 0 aromatic rings. The highest BCUT2D eigenvalue weighted by atomic mass is 16.2. The largest absolute Gasteiger partial charge is 0.345 e. The van der Waals surface area contributed by atoms with Crippen molar-refractivity contribution in [1.29, 1.82) is 0 Å². The van der Waals surface area contributed by atoms with Crippen LogP contribution in [-0.4, -0.2) is 37.5 Å². The van der Waals surface area contributed by atoms with Crippen LogP contribution in [-0.2, 0) is 4.79 Å². The smallest absolute Gasteiger partial charge is 0.219 e. The van der Waals surface area contributed by atoms with Gasteiger partial charge in [-0.05, 0) is 44.8 Å². The summed E-state index contributed by atoms with van der Waals surface area (Å²) in [4.78, 5) is 13.4. The van der Waals surface area contributed by atoms with Gasteiger partial charge in [0.25, 0.3) is 0 Å². The van der Waals surface area contributed by atoms with E-state index in [9.17, 15) is 4.79 Å². The van der Waals surface area contributed by atoms with E-state index < -0.39 is 0 Å². The number of rotatable bonds is 5. The second kappa shape index (κ2) is 7.49. The predicted molar refractivity (Wildman–Crippen MR) is 81.0 cm³/mol. The average molecular weight is 264 g/mol. The van der Waals surface area contributed by atoms with Crippen molar-refractivity contribution in [2.75, 3.05) is 26.7 Å². The Balaban J connectivity index is 2.97. The van der Waals surface area contributed by atoms with E-state index in [1.807, 2.05) is 11.9 Å². The van der Waals surface area contributed by atoms with Crippen LogP contribution in [0, 0.1) is 5.41 Å². The molecule has 0 spiro atoms. The molecule has 0 radical (unpaired) electrons. The summed E-state index contributed by atoms with van der Waals surface area (Å²) in [5.74, 6) is 0.146. The van der Waals surface area contributed by atoms with Crippen LogP contribution in [0.25, 0.3) is 0 Å². The van der Waals surface area contributed by atoms with Gasteiger partial charge in [-0.25, -0.2) is 0 Å². The van der Waals surface area contributed by atoms with Crippen LogP contribution in [0.15, 0.2) is 23.8 Å². The van der Waals surface area contributed by atoms with Gasteiger partial charge in [0, 0.05) is 25.9 Å². The maximum Gasteiger partial charge on any atom is 0.219 e. The number of nitrogens with zero attached hydrogens (tertiary/aromatic N) is 1. The summed E-state index contributed by atoms with van der Waals surface area (Å²) in [6.07, 6.45) is 9.92. The molecule has 0 aliphatic carbocycles. The average Bonchev–Trinajstić information content (AvgIpc) is 2.40. The third-order valence-corrected chi connectivity index (χ3v) is 4.09. The van der Waals surface area contributed by atoms with Gasteiger partial charge < -0.3 is 10.2 Å². The lowest BCUT2D eigenvalue weighted by Crippen LogP contribution is -2.45. The molecule has 1 rings (SSSR count). The Hall–Kier alpha value is -1.09. The molecule has 0 aromatic heterocycles. The molecule has 19 heavy (non-hydrogen) atoms. The number of hydrogen-bond acceptors (Lipinski definition) is 2. The molecule has 0 unspecified atom stereocenters. The van der Waals surface area contributed by atoms with Gasteiger partial charge in [0.05, 0.1) is 0 Å². The van der Waals surface area contributed by atoms with Gasteiger partial charge in [-0.2, -0.15) is 0 Å². The van der Waals surface area contributed by atoms with Gasteiger partial charge in [-0.1, -0.05) is 25.2 Å². The highest BCUT2D eigenvalue weighted by Gasteiger charge is 2.35. The van der Waals surface area contributed by atoms with Crippen molar-refractivity contribution in [2.24, 2.45) is 5.41 Å². The lowest BCUT2D eigenvalue weighted by molar-refractivity contribution is -0.128. The summed E-state index contributed by atoms with van der Waals surface area (Å²) < 4.78 is 0. The molecular weight excluding hydrogens is 236 g/mol. The molecule has 108 valence electrons. The number of nitrogens with one attached hydrogen (secondary N) is 1. The van der Waals surface area contributed by atoms with Crippen LogP contribution in [0.4, 0.5) is 0 Å². The van der Waals surface area contributed by atoms with Gasteiger partial charge in [-0.15, -0.1) is 0 Å². The summed E-state index contributed by atoms with van der Waals surface area (Å²) in [6.45, 7) is 8.78. The summed E-state index contributed by atoms with van der Waals surface area (Å²) in [6, 6.07) is 0. The molecule has 1 aliphatic heterocycles. The normalized spacial score (nSPS) is 19.7. The molecular formula is C16H28N2O. The molecule has 1 aliphatic rings. The quantitative estimate of drug-likeness (QED) is 0.774. The number of amides is 1. The van der Waals surface area contributed by atoms with E-state index in [1.165, 1.54) is 5.57 Å². The molecule has 3 nitrogen and oxygen atoms in total. The van der Waals surface area contributed by atoms with E-state index >= 15 is 0 Å². The number of piperidine rings is 1. The maximum absolute atomic E-state index is 11.6. The van der Waals surface area contributed by atoms with Crippen molar-refractivity contribution in [3.8, 4) is 0 Å². The number of carbonyl (C=O) groups is 1. The zero-order valence-electron chi connectivity index (χ0n) is 12.8. The number of hydrogen-bond donors (Lipinski definition) is 1. The molecule has 3 heteroatoms. The van der Waals surface area contributed by atoms with E-state index in [0.717, 1.165) is 38.9 Å². The topological polar surface area (TPSA) is 32.3 Å². The highest BCUT2D eigenvalue weighted by Crippen LogP contribution is 2.38. The third kappa shape index (κ3) is 4.20. The van der Waals surface area contributed by atoms with Crippen LogP contribution in [0.3, 0.4) is 0 Å². The Morgan fingerprint density at radius 2 is 2.00 bits per heavy atom. The Bertz CT molecular complexity index is 352. The first kappa shape index (κ1) is 16.0. The highest BCUT2D eigenvalue weighted by molar-refractivity contribution is 5.73. The van der Waals surface area contributed by atoms with E-state index in [0.29, 0.717) is 0 Å². The zero-order valence-corrected chi connectivity index (χ0v) is 12.8. The molecule has 1 heterocycles. The lowest BCUT2D eigenvalue weighted by atomic mass is 9.72. The minimum absolute atomic E-state index is 0.117.